The van der Waals surface area contributed by atoms with Crippen molar-refractivity contribution in [2.45, 2.75) is 6.92 Å². The molecule has 1 heterocycles. The van der Waals surface area contributed by atoms with E-state index in [0.717, 1.165) is 10.0 Å². The Kier molecular flexibility index (Phi) is 3.67. The summed E-state index contributed by atoms with van der Waals surface area (Å²) in [6.07, 6.45) is 0. The summed E-state index contributed by atoms with van der Waals surface area (Å²) in [5.41, 5.74) is 7.52. The molecule has 0 spiro atoms. The molecule has 1 aromatic carbocycles. The molecule has 88 valence electrons. The molecule has 2 N–H and O–H groups in total. The number of carbonyl (C=O) groups is 1. The first-order valence-electron chi connectivity index (χ1n) is 5.34. The van der Waals surface area contributed by atoms with Gasteiger partial charge >= 0.3 is 106 Å². The average Bonchev–Trinajstić information content (AvgIpc) is 2.73. The van der Waals surface area contributed by atoms with Gasteiger partial charge in [0.2, 0.25) is 0 Å². The van der Waals surface area contributed by atoms with Gasteiger partial charge in [0.25, 0.3) is 0 Å². The Labute approximate surface area is 106 Å². The molecule has 0 saturated carbocycles. The number of esters is 1. The monoisotopic (exact) mass is 295 g/mol. The summed E-state index contributed by atoms with van der Waals surface area (Å²) in [5, 5.41) is 0. The topological polar surface area (TPSA) is 52.3 Å². The van der Waals surface area contributed by atoms with Gasteiger partial charge in [-0.2, -0.15) is 0 Å². The molecule has 0 aliphatic carbocycles. The number of carbonyl (C=O) groups excluding carboxylic acids is 1. The van der Waals surface area contributed by atoms with E-state index in [-0.39, 0.29) is 20.5 Å². The molecule has 4 heteroatoms. The molecule has 0 saturated heterocycles. The Morgan fingerprint density at radius 2 is 2.06 bits per heavy atom. The van der Waals surface area contributed by atoms with Crippen molar-refractivity contribution in [1.29, 1.82) is 0 Å². The Hall–Kier alpha value is -1.51. The van der Waals surface area contributed by atoms with Crippen molar-refractivity contribution in [2.24, 2.45) is 0 Å². The van der Waals surface area contributed by atoms with Crippen LogP contribution in [0.4, 0.5) is 5.69 Å². The van der Waals surface area contributed by atoms with Crippen molar-refractivity contribution in [3.05, 3.63) is 40.8 Å². The van der Waals surface area contributed by atoms with Crippen LogP contribution in [0.5, 0.6) is 0 Å². The van der Waals surface area contributed by atoms with Crippen LogP contribution in [-0.4, -0.2) is 27.1 Å². The zero-order valence-corrected chi connectivity index (χ0v) is 11.2. The number of ether oxygens (including phenoxy) is 1. The molecule has 2 rings (SSSR count). The van der Waals surface area contributed by atoms with Gasteiger partial charge < -0.3 is 0 Å². The molecule has 1 aromatic heterocycles. The molecule has 0 fully saturated rings. The van der Waals surface area contributed by atoms with Crippen LogP contribution in [-0.2, 0) is 4.74 Å². The Morgan fingerprint density at radius 1 is 1.35 bits per heavy atom. The van der Waals surface area contributed by atoms with Gasteiger partial charge in [-0.25, -0.2) is 0 Å². The van der Waals surface area contributed by atoms with Crippen LogP contribution in [0.2, 0.25) is 0 Å². The fraction of sp³-hybridized carbons (Fsp3) is 0.154. The van der Waals surface area contributed by atoms with E-state index in [1.54, 1.807) is 6.92 Å². The number of nitrogen functional groups attached to an aromatic ring is 1. The van der Waals surface area contributed by atoms with E-state index in [1.165, 1.54) is 0 Å². The van der Waals surface area contributed by atoms with Gasteiger partial charge in [0, 0.05) is 0 Å². The summed E-state index contributed by atoms with van der Waals surface area (Å²) in [7, 11) is 0. The molecular weight excluding hydrogens is 281 g/mol. The number of hydrogen-bond acceptors (Lipinski definition) is 3. The number of benzene rings is 1. The van der Waals surface area contributed by atoms with E-state index in [2.05, 4.69) is 0 Å². The van der Waals surface area contributed by atoms with Crippen LogP contribution >= 0.6 is 0 Å². The summed E-state index contributed by atoms with van der Waals surface area (Å²) in [4.78, 5) is 11.7. The zero-order chi connectivity index (χ0) is 12.3. The fourth-order valence-corrected chi connectivity index (χ4v) is 3.56. The maximum absolute atomic E-state index is 11.7. The van der Waals surface area contributed by atoms with Gasteiger partial charge in [0.1, 0.15) is 0 Å². The minimum atomic E-state index is -0.285. The van der Waals surface area contributed by atoms with Crippen molar-refractivity contribution in [1.82, 2.24) is 0 Å². The van der Waals surface area contributed by atoms with Gasteiger partial charge in [0.05, 0.1) is 0 Å². The minimum absolute atomic E-state index is 0.0578. The standard InChI is InChI=1S/C13H13NO2Se/c1-2-16-13(15)12-10(14)8-11(17-12)9-6-4-3-5-7-9/h3-8H,2,14H2,1H3. The fourth-order valence-electron chi connectivity index (χ4n) is 1.51. The average molecular weight is 294 g/mol. The molecule has 0 amide bonds. The van der Waals surface area contributed by atoms with Crippen molar-refractivity contribution in [3.63, 3.8) is 0 Å². The molecule has 0 unspecified atom stereocenters. The first-order valence-corrected chi connectivity index (χ1v) is 7.05. The van der Waals surface area contributed by atoms with E-state index in [0.29, 0.717) is 16.7 Å². The predicted molar refractivity (Wildman–Crippen MR) is 69.2 cm³/mol. The van der Waals surface area contributed by atoms with Crippen molar-refractivity contribution in [2.75, 3.05) is 12.3 Å². The summed E-state index contributed by atoms with van der Waals surface area (Å²) in [5.74, 6) is -0.285. The quantitative estimate of drug-likeness (QED) is 0.697. The van der Waals surface area contributed by atoms with Gasteiger partial charge in [-0.3, -0.25) is 0 Å². The van der Waals surface area contributed by atoms with Crippen LogP contribution in [0.1, 0.15) is 16.2 Å². The molecule has 0 aliphatic rings. The number of hydrogen-bond donors (Lipinski definition) is 1. The predicted octanol–water partition coefficient (Wildman–Crippen LogP) is 2.17. The molecule has 0 aliphatic heterocycles. The van der Waals surface area contributed by atoms with Crippen molar-refractivity contribution < 1.29 is 9.53 Å². The third-order valence-electron chi connectivity index (χ3n) is 2.28. The summed E-state index contributed by atoms with van der Waals surface area (Å²) < 4.78 is 6.73. The first-order chi connectivity index (χ1) is 8.22. The van der Waals surface area contributed by atoms with E-state index in [4.69, 9.17) is 10.5 Å². The van der Waals surface area contributed by atoms with Gasteiger partial charge in [-0.05, 0) is 0 Å². The van der Waals surface area contributed by atoms with Gasteiger partial charge in [0.15, 0.2) is 0 Å². The maximum atomic E-state index is 11.7. The summed E-state index contributed by atoms with van der Waals surface area (Å²) >= 11 is -0.0578. The van der Waals surface area contributed by atoms with E-state index in [9.17, 15) is 4.79 Å². The molecular formula is C13H13NO2Se. The third kappa shape index (κ3) is 2.60. The van der Waals surface area contributed by atoms with E-state index < -0.39 is 0 Å². The van der Waals surface area contributed by atoms with Crippen LogP contribution in [0.3, 0.4) is 0 Å². The van der Waals surface area contributed by atoms with Gasteiger partial charge in [-0.1, -0.05) is 0 Å². The second-order valence-electron chi connectivity index (χ2n) is 3.48. The first kappa shape index (κ1) is 12.0. The van der Waals surface area contributed by atoms with E-state index >= 15 is 0 Å². The molecule has 0 bridgehead atoms. The van der Waals surface area contributed by atoms with Crippen LogP contribution in [0, 0.1) is 0 Å². The zero-order valence-electron chi connectivity index (χ0n) is 9.47. The molecule has 0 atom stereocenters. The Bertz CT molecular complexity index is 519. The molecule has 17 heavy (non-hydrogen) atoms. The summed E-state index contributed by atoms with van der Waals surface area (Å²) in [6, 6.07) is 11.8. The summed E-state index contributed by atoms with van der Waals surface area (Å²) in [6.45, 7) is 2.18. The normalized spacial score (nSPS) is 10.2. The SMILES string of the molecule is CCOC(=O)c1[se]c(-c2ccccc2)cc1N. The number of nitrogens with two attached hydrogens (primary N) is 1. The molecule has 3 nitrogen and oxygen atoms in total. The molecule has 2 aromatic rings. The Balaban J connectivity index is 2.34. The Morgan fingerprint density at radius 3 is 2.71 bits per heavy atom. The van der Waals surface area contributed by atoms with Crippen LogP contribution in [0.25, 0.3) is 10.0 Å². The van der Waals surface area contributed by atoms with Crippen LogP contribution < -0.4 is 5.73 Å². The number of rotatable bonds is 3. The number of anilines is 1. The van der Waals surface area contributed by atoms with E-state index in [1.807, 2.05) is 36.4 Å². The molecule has 0 radical (unpaired) electrons. The van der Waals surface area contributed by atoms with Crippen molar-refractivity contribution in [3.8, 4) is 10.0 Å². The van der Waals surface area contributed by atoms with Crippen LogP contribution in [0.15, 0.2) is 36.4 Å². The van der Waals surface area contributed by atoms with Gasteiger partial charge in [-0.15, -0.1) is 0 Å². The van der Waals surface area contributed by atoms with Crippen molar-refractivity contribution >= 4 is 26.2 Å². The second kappa shape index (κ2) is 5.21. The second-order valence-corrected chi connectivity index (χ2v) is 5.69. The third-order valence-corrected chi connectivity index (χ3v) is 4.76.